The van der Waals surface area contributed by atoms with Gasteiger partial charge in [-0.3, -0.25) is 4.79 Å². The van der Waals surface area contributed by atoms with Crippen LogP contribution < -0.4 is 11.1 Å². The van der Waals surface area contributed by atoms with Crippen molar-refractivity contribution in [2.45, 2.75) is 32.4 Å². The maximum Gasteiger partial charge on any atom is 0.222 e. The first-order valence-electron chi connectivity index (χ1n) is 6.58. The van der Waals surface area contributed by atoms with Crippen molar-refractivity contribution in [3.8, 4) is 0 Å². The number of carbonyl (C=O) groups excluding carboxylic acids is 1. The second kappa shape index (κ2) is 6.63. The van der Waals surface area contributed by atoms with Gasteiger partial charge in [-0.2, -0.15) is 0 Å². The van der Waals surface area contributed by atoms with Crippen LogP contribution in [0.1, 0.15) is 40.9 Å². The molecule has 2 rings (SSSR count). The second-order valence-corrected chi connectivity index (χ2v) is 6.09. The summed E-state index contributed by atoms with van der Waals surface area (Å²) in [5.41, 5.74) is 7.01. The van der Waals surface area contributed by atoms with E-state index in [1.807, 2.05) is 50.4 Å². The van der Waals surface area contributed by atoms with E-state index in [0.717, 1.165) is 15.4 Å². The number of rotatable bonds is 5. The number of benzene rings is 1. The first-order chi connectivity index (χ1) is 9.56. The van der Waals surface area contributed by atoms with Gasteiger partial charge >= 0.3 is 0 Å². The fraction of sp³-hybridized carbons (Fsp3) is 0.333. The van der Waals surface area contributed by atoms with Crippen molar-refractivity contribution in [3.63, 3.8) is 0 Å². The van der Waals surface area contributed by atoms with E-state index in [1.54, 1.807) is 11.3 Å². The maximum absolute atomic E-state index is 12.0. The number of thiazole rings is 1. The molecule has 2 atom stereocenters. The van der Waals surface area contributed by atoms with E-state index in [4.69, 9.17) is 5.73 Å². The molecule has 2 unspecified atom stereocenters. The lowest BCUT2D eigenvalue weighted by Gasteiger charge is -2.15. The Kier molecular flexibility index (Phi) is 4.87. The van der Waals surface area contributed by atoms with Crippen LogP contribution in [-0.2, 0) is 4.79 Å². The molecule has 1 heterocycles. The molecule has 20 heavy (non-hydrogen) atoms. The molecule has 0 spiro atoms. The summed E-state index contributed by atoms with van der Waals surface area (Å²) in [5.74, 6) is -0.0540. The molecule has 5 heteroatoms. The predicted octanol–water partition coefficient (Wildman–Crippen LogP) is 2.72. The van der Waals surface area contributed by atoms with E-state index in [0.29, 0.717) is 0 Å². The highest BCUT2D eigenvalue weighted by atomic mass is 32.1. The molecule has 1 aromatic carbocycles. The van der Waals surface area contributed by atoms with E-state index in [9.17, 15) is 4.79 Å². The van der Waals surface area contributed by atoms with E-state index in [2.05, 4.69) is 10.3 Å². The van der Waals surface area contributed by atoms with Crippen LogP contribution in [0.2, 0.25) is 0 Å². The molecule has 0 aliphatic carbocycles. The summed E-state index contributed by atoms with van der Waals surface area (Å²) in [6.07, 6.45) is 2.09. The molecular formula is C15H19N3OS. The Labute approximate surface area is 123 Å². The minimum atomic E-state index is -0.276. The topological polar surface area (TPSA) is 68.0 Å². The number of aromatic nitrogens is 1. The van der Waals surface area contributed by atoms with Crippen LogP contribution in [0, 0.1) is 6.92 Å². The van der Waals surface area contributed by atoms with Crippen LogP contribution in [0.25, 0.3) is 0 Å². The molecule has 2 aromatic rings. The summed E-state index contributed by atoms with van der Waals surface area (Å²) in [6.45, 7) is 3.94. The lowest BCUT2D eigenvalue weighted by Crippen LogP contribution is -2.29. The fourth-order valence-electron chi connectivity index (χ4n) is 1.95. The van der Waals surface area contributed by atoms with Gasteiger partial charge in [0.1, 0.15) is 5.01 Å². The zero-order valence-electron chi connectivity index (χ0n) is 11.7. The Balaban J connectivity index is 1.89. The summed E-state index contributed by atoms with van der Waals surface area (Å²) < 4.78 is 0. The highest BCUT2D eigenvalue weighted by molar-refractivity contribution is 7.11. The van der Waals surface area contributed by atoms with Gasteiger partial charge in [0.25, 0.3) is 0 Å². The molecule has 4 nitrogen and oxygen atoms in total. The summed E-state index contributed by atoms with van der Waals surface area (Å²) in [5, 5.41) is 3.86. The number of carbonyl (C=O) groups is 1. The van der Waals surface area contributed by atoms with Crippen LogP contribution in [-0.4, -0.2) is 10.9 Å². The maximum atomic E-state index is 12.0. The normalized spacial score (nSPS) is 13.8. The lowest BCUT2D eigenvalue weighted by atomic mass is 10.0. The van der Waals surface area contributed by atoms with Gasteiger partial charge in [-0.15, -0.1) is 11.3 Å². The molecule has 0 aliphatic heterocycles. The Morgan fingerprint density at radius 2 is 2.10 bits per heavy atom. The minimum Gasteiger partial charge on any atom is -0.347 e. The minimum absolute atomic E-state index is 0.0540. The number of hydrogen-bond donors (Lipinski definition) is 2. The third-order valence-corrected chi connectivity index (χ3v) is 4.12. The van der Waals surface area contributed by atoms with Gasteiger partial charge in [-0.05, 0) is 19.4 Å². The number of aryl methyl sites for hydroxylation is 1. The van der Waals surface area contributed by atoms with Crippen LogP contribution in [0.5, 0.6) is 0 Å². The van der Waals surface area contributed by atoms with Gasteiger partial charge in [0.15, 0.2) is 0 Å². The number of nitrogens with two attached hydrogens (primary N) is 1. The molecule has 0 saturated heterocycles. The van der Waals surface area contributed by atoms with Crippen LogP contribution >= 0.6 is 11.3 Å². The van der Waals surface area contributed by atoms with Gasteiger partial charge in [-0.1, -0.05) is 30.3 Å². The predicted molar refractivity (Wildman–Crippen MR) is 81.4 cm³/mol. The van der Waals surface area contributed by atoms with E-state index in [-0.39, 0.29) is 24.4 Å². The molecule has 0 radical (unpaired) electrons. The van der Waals surface area contributed by atoms with E-state index in [1.165, 1.54) is 0 Å². The average molecular weight is 289 g/mol. The second-order valence-electron chi connectivity index (χ2n) is 4.82. The summed E-state index contributed by atoms with van der Waals surface area (Å²) in [6, 6.07) is 9.30. The Hall–Kier alpha value is -1.72. The molecule has 0 bridgehead atoms. The van der Waals surface area contributed by atoms with Gasteiger partial charge in [0, 0.05) is 23.5 Å². The number of hydrogen-bond acceptors (Lipinski definition) is 4. The zero-order valence-corrected chi connectivity index (χ0v) is 12.5. The third-order valence-electron chi connectivity index (χ3n) is 3.02. The third kappa shape index (κ3) is 3.88. The fourth-order valence-corrected chi connectivity index (χ4v) is 2.73. The van der Waals surface area contributed by atoms with Crippen LogP contribution in [0.4, 0.5) is 0 Å². The molecular weight excluding hydrogens is 270 g/mol. The molecule has 0 saturated carbocycles. The van der Waals surface area contributed by atoms with Crippen LogP contribution in [0.15, 0.2) is 36.5 Å². The quantitative estimate of drug-likeness (QED) is 0.889. The van der Waals surface area contributed by atoms with Crippen molar-refractivity contribution >= 4 is 17.2 Å². The van der Waals surface area contributed by atoms with Crippen molar-refractivity contribution in [1.29, 1.82) is 0 Å². The lowest BCUT2D eigenvalue weighted by molar-refractivity contribution is -0.122. The van der Waals surface area contributed by atoms with Gasteiger partial charge in [0.2, 0.25) is 5.91 Å². The standard InChI is InChI=1S/C15H19N3OS/c1-10-9-17-15(20-10)11(2)18-14(19)8-13(16)12-6-4-3-5-7-12/h3-7,9,11,13H,8,16H2,1-2H3,(H,18,19). The number of amides is 1. The van der Waals surface area contributed by atoms with Gasteiger partial charge < -0.3 is 11.1 Å². The highest BCUT2D eigenvalue weighted by Gasteiger charge is 2.16. The Morgan fingerprint density at radius 1 is 1.40 bits per heavy atom. The molecule has 1 amide bonds. The van der Waals surface area contributed by atoms with Crippen molar-refractivity contribution in [1.82, 2.24) is 10.3 Å². The smallest absolute Gasteiger partial charge is 0.222 e. The largest absolute Gasteiger partial charge is 0.347 e. The summed E-state index contributed by atoms with van der Waals surface area (Å²) in [7, 11) is 0. The molecule has 3 N–H and O–H groups in total. The SMILES string of the molecule is Cc1cnc(C(C)NC(=O)CC(N)c2ccccc2)s1. The van der Waals surface area contributed by atoms with E-state index < -0.39 is 0 Å². The number of nitrogens with one attached hydrogen (secondary N) is 1. The van der Waals surface area contributed by atoms with Crippen molar-refractivity contribution in [3.05, 3.63) is 52.0 Å². The number of nitrogens with zero attached hydrogens (tertiary/aromatic N) is 1. The Bertz CT molecular complexity index is 568. The first kappa shape index (κ1) is 14.7. The molecule has 106 valence electrons. The first-order valence-corrected chi connectivity index (χ1v) is 7.40. The Morgan fingerprint density at radius 3 is 2.70 bits per heavy atom. The van der Waals surface area contributed by atoms with Crippen LogP contribution in [0.3, 0.4) is 0 Å². The monoisotopic (exact) mass is 289 g/mol. The average Bonchev–Trinajstić information content (AvgIpc) is 2.86. The molecule has 0 fully saturated rings. The van der Waals surface area contributed by atoms with Crippen molar-refractivity contribution < 1.29 is 4.79 Å². The summed E-state index contributed by atoms with van der Waals surface area (Å²) in [4.78, 5) is 17.4. The van der Waals surface area contributed by atoms with Crippen molar-refractivity contribution in [2.24, 2.45) is 5.73 Å². The molecule has 0 aliphatic rings. The van der Waals surface area contributed by atoms with Crippen molar-refractivity contribution in [2.75, 3.05) is 0 Å². The zero-order chi connectivity index (χ0) is 14.5. The van der Waals surface area contributed by atoms with Gasteiger partial charge in [0.05, 0.1) is 6.04 Å². The summed E-state index contributed by atoms with van der Waals surface area (Å²) >= 11 is 1.60. The molecule has 1 aromatic heterocycles. The highest BCUT2D eigenvalue weighted by Crippen LogP contribution is 2.20. The van der Waals surface area contributed by atoms with Gasteiger partial charge in [-0.25, -0.2) is 4.98 Å². The van der Waals surface area contributed by atoms with E-state index >= 15 is 0 Å².